The van der Waals surface area contributed by atoms with Gasteiger partial charge in [-0.2, -0.15) is 18.3 Å². The summed E-state index contributed by atoms with van der Waals surface area (Å²) < 4.78 is 44.4. The number of nitrogens with zero attached hydrogens (tertiary/aromatic N) is 2. The molecule has 0 spiro atoms. The maximum absolute atomic E-state index is 12.6. The Bertz CT molecular complexity index is 579. The van der Waals surface area contributed by atoms with E-state index in [0.717, 1.165) is 12.1 Å². The number of aliphatic hydroxyl groups is 1. The van der Waals surface area contributed by atoms with E-state index >= 15 is 0 Å². The number of hydrogen-bond donors (Lipinski definition) is 1. The summed E-state index contributed by atoms with van der Waals surface area (Å²) in [5, 5.41) is 13.1. The van der Waals surface area contributed by atoms with Crippen molar-refractivity contribution in [3.8, 4) is 11.5 Å². The van der Waals surface area contributed by atoms with Crippen molar-refractivity contribution in [3.63, 3.8) is 0 Å². The zero-order chi connectivity index (χ0) is 14.8. The SMILES string of the molecule is CC(O)Cn1cc(Oc2cccc(C(F)(F)F)c2)cn1. The lowest BCUT2D eigenvalue weighted by atomic mass is 10.2. The van der Waals surface area contributed by atoms with Crippen LogP contribution < -0.4 is 4.74 Å². The highest BCUT2D eigenvalue weighted by Gasteiger charge is 2.30. The van der Waals surface area contributed by atoms with Crippen LogP contribution in [0.1, 0.15) is 12.5 Å². The highest BCUT2D eigenvalue weighted by molar-refractivity contribution is 5.33. The number of rotatable bonds is 4. The van der Waals surface area contributed by atoms with Gasteiger partial charge in [-0.3, -0.25) is 4.68 Å². The van der Waals surface area contributed by atoms with Crippen molar-refractivity contribution >= 4 is 0 Å². The molecule has 0 fully saturated rings. The molecular formula is C13H13F3N2O2. The van der Waals surface area contributed by atoms with Gasteiger partial charge in [0.15, 0.2) is 5.75 Å². The minimum atomic E-state index is -4.41. The molecule has 108 valence electrons. The molecule has 0 saturated heterocycles. The van der Waals surface area contributed by atoms with Crippen molar-refractivity contribution in [1.29, 1.82) is 0 Å². The van der Waals surface area contributed by atoms with Gasteiger partial charge in [-0.05, 0) is 25.1 Å². The minimum absolute atomic E-state index is 0.0800. The Balaban J connectivity index is 2.12. The molecule has 2 rings (SSSR count). The largest absolute Gasteiger partial charge is 0.454 e. The van der Waals surface area contributed by atoms with Crippen molar-refractivity contribution in [2.75, 3.05) is 0 Å². The smallest absolute Gasteiger partial charge is 0.416 e. The van der Waals surface area contributed by atoms with Crippen LogP contribution in [-0.2, 0) is 12.7 Å². The second kappa shape index (κ2) is 5.54. The summed E-state index contributed by atoms with van der Waals surface area (Å²) in [4.78, 5) is 0. The molecule has 0 amide bonds. The number of benzene rings is 1. The first-order valence-corrected chi connectivity index (χ1v) is 5.90. The lowest BCUT2D eigenvalue weighted by Gasteiger charge is -2.08. The monoisotopic (exact) mass is 286 g/mol. The molecule has 0 aliphatic carbocycles. The van der Waals surface area contributed by atoms with Gasteiger partial charge < -0.3 is 9.84 Å². The van der Waals surface area contributed by atoms with Gasteiger partial charge in [-0.25, -0.2) is 0 Å². The molecule has 20 heavy (non-hydrogen) atoms. The van der Waals surface area contributed by atoms with Crippen LogP contribution in [0.4, 0.5) is 13.2 Å². The third-order valence-electron chi connectivity index (χ3n) is 2.46. The molecule has 2 aromatic rings. The van der Waals surface area contributed by atoms with Crippen LogP contribution in [0.5, 0.6) is 11.5 Å². The lowest BCUT2D eigenvalue weighted by Crippen LogP contribution is -2.11. The van der Waals surface area contributed by atoms with Gasteiger partial charge in [0.05, 0.1) is 30.6 Å². The molecule has 1 heterocycles. The molecule has 1 aromatic carbocycles. The molecule has 0 aliphatic rings. The van der Waals surface area contributed by atoms with Gasteiger partial charge in [0.25, 0.3) is 0 Å². The number of alkyl halides is 3. The fraction of sp³-hybridized carbons (Fsp3) is 0.308. The maximum atomic E-state index is 12.6. The van der Waals surface area contributed by atoms with E-state index in [2.05, 4.69) is 5.10 Å². The Labute approximate surface area is 113 Å². The fourth-order valence-electron chi connectivity index (χ4n) is 1.64. The molecule has 4 nitrogen and oxygen atoms in total. The van der Waals surface area contributed by atoms with Crippen LogP contribution in [0.15, 0.2) is 36.7 Å². The van der Waals surface area contributed by atoms with Crippen LogP contribution in [0.2, 0.25) is 0 Å². The molecule has 1 atom stereocenters. The van der Waals surface area contributed by atoms with Crippen molar-refractivity contribution in [2.24, 2.45) is 0 Å². The topological polar surface area (TPSA) is 47.3 Å². The van der Waals surface area contributed by atoms with Gasteiger partial charge in [-0.15, -0.1) is 0 Å². The first kappa shape index (κ1) is 14.4. The summed E-state index contributed by atoms with van der Waals surface area (Å²) in [5.41, 5.74) is -0.772. The fourth-order valence-corrected chi connectivity index (χ4v) is 1.64. The summed E-state index contributed by atoms with van der Waals surface area (Å²) in [7, 11) is 0. The summed E-state index contributed by atoms with van der Waals surface area (Å²) in [6.45, 7) is 1.89. The van der Waals surface area contributed by atoms with E-state index in [1.165, 1.54) is 29.2 Å². The van der Waals surface area contributed by atoms with Crippen molar-refractivity contribution in [3.05, 3.63) is 42.2 Å². The van der Waals surface area contributed by atoms with Gasteiger partial charge in [-0.1, -0.05) is 6.07 Å². The Morgan fingerprint density at radius 1 is 1.35 bits per heavy atom. The summed E-state index contributed by atoms with van der Waals surface area (Å²) >= 11 is 0. The lowest BCUT2D eigenvalue weighted by molar-refractivity contribution is -0.137. The van der Waals surface area contributed by atoms with Gasteiger partial charge >= 0.3 is 6.18 Å². The van der Waals surface area contributed by atoms with E-state index in [0.29, 0.717) is 5.75 Å². The third-order valence-corrected chi connectivity index (χ3v) is 2.46. The van der Waals surface area contributed by atoms with Crippen LogP contribution in [-0.4, -0.2) is 21.0 Å². The quantitative estimate of drug-likeness (QED) is 0.939. The van der Waals surface area contributed by atoms with E-state index in [4.69, 9.17) is 4.74 Å². The first-order valence-electron chi connectivity index (χ1n) is 5.90. The second-order valence-corrected chi connectivity index (χ2v) is 4.37. The average molecular weight is 286 g/mol. The van der Waals surface area contributed by atoms with E-state index in [1.807, 2.05) is 0 Å². The average Bonchev–Trinajstić information content (AvgIpc) is 2.75. The standard InChI is InChI=1S/C13H13F3N2O2/c1-9(19)7-18-8-12(6-17-18)20-11-4-2-3-10(5-11)13(14,15)16/h2-6,8-9,19H,7H2,1H3. The third kappa shape index (κ3) is 3.74. The minimum Gasteiger partial charge on any atom is -0.454 e. The second-order valence-electron chi connectivity index (χ2n) is 4.37. The Morgan fingerprint density at radius 2 is 2.10 bits per heavy atom. The Kier molecular flexibility index (Phi) is 3.99. The van der Waals surface area contributed by atoms with Crippen molar-refractivity contribution < 1.29 is 23.0 Å². The zero-order valence-electron chi connectivity index (χ0n) is 10.6. The molecule has 1 unspecified atom stereocenters. The highest BCUT2D eigenvalue weighted by atomic mass is 19.4. The predicted octanol–water partition coefficient (Wildman–Crippen LogP) is 3.08. The Morgan fingerprint density at radius 3 is 2.75 bits per heavy atom. The Hall–Kier alpha value is -2.02. The van der Waals surface area contributed by atoms with Crippen LogP contribution >= 0.6 is 0 Å². The summed E-state index contributed by atoms with van der Waals surface area (Å²) in [6.07, 6.45) is -2.10. The summed E-state index contributed by atoms with van der Waals surface area (Å²) in [5.74, 6) is 0.390. The van der Waals surface area contributed by atoms with Crippen LogP contribution in [0.25, 0.3) is 0 Å². The predicted molar refractivity (Wildman–Crippen MR) is 65.4 cm³/mol. The number of aliphatic hydroxyl groups excluding tert-OH is 1. The van der Waals surface area contributed by atoms with Gasteiger partial charge in [0.1, 0.15) is 5.75 Å². The molecule has 0 aliphatic heterocycles. The molecule has 1 aromatic heterocycles. The van der Waals surface area contributed by atoms with E-state index < -0.39 is 17.8 Å². The number of halogens is 3. The normalized spacial score (nSPS) is 13.2. The van der Waals surface area contributed by atoms with Gasteiger partial charge in [0, 0.05) is 0 Å². The molecule has 7 heteroatoms. The van der Waals surface area contributed by atoms with E-state index in [9.17, 15) is 18.3 Å². The summed E-state index contributed by atoms with van der Waals surface area (Å²) in [6, 6.07) is 4.61. The van der Waals surface area contributed by atoms with Crippen LogP contribution in [0, 0.1) is 0 Å². The van der Waals surface area contributed by atoms with E-state index in [1.54, 1.807) is 6.92 Å². The van der Waals surface area contributed by atoms with Crippen molar-refractivity contribution in [1.82, 2.24) is 9.78 Å². The van der Waals surface area contributed by atoms with Gasteiger partial charge in [0.2, 0.25) is 0 Å². The zero-order valence-corrected chi connectivity index (χ0v) is 10.6. The first-order chi connectivity index (χ1) is 9.34. The maximum Gasteiger partial charge on any atom is 0.416 e. The molecule has 0 bridgehead atoms. The highest BCUT2D eigenvalue weighted by Crippen LogP contribution is 2.32. The van der Waals surface area contributed by atoms with E-state index in [-0.39, 0.29) is 12.3 Å². The number of ether oxygens (including phenoxy) is 1. The molecule has 0 saturated carbocycles. The molecule has 0 radical (unpaired) electrons. The van der Waals surface area contributed by atoms with Crippen molar-refractivity contribution in [2.45, 2.75) is 25.7 Å². The molecular weight excluding hydrogens is 273 g/mol. The molecule has 1 N–H and O–H groups in total. The number of hydrogen-bond acceptors (Lipinski definition) is 3. The number of aromatic nitrogens is 2. The van der Waals surface area contributed by atoms with Crippen LogP contribution in [0.3, 0.4) is 0 Å².